The van der Waals surface area contributed by atoms with Gasteiger partial charge in [-0.3, -0.25) is 4.90 Å². The molecule has 0 bridgehead atoms. The summed E-state index contributed by atoms with van der Waals surface area (Å²) < 4.78 is 5.28. The predicted molar refractivity (Wildman–Crippen MR) is 80.1 cm³/mol. The van der Waals surface area contributed by atoms with E-state index in [0.717, 1.165) is 38.5 Å². The standard InChI is InChI=1S/C15H25N3O/c1-12-10-14(4-5-15(12)19-3)17-11-13(2)18-8-6-16-7-9-18/h4-5,10,13,16-17H,6-9,11H2,1-3H3. The maximum Gasteiger partial charge on any atom is 0.121 e. The molecule has 1 aliphatic rings. The third-order valence-electron chi connectivity index (χ3n) is 3.77. The maximum absolute atomic E-state index is 5.28. The summed E-state index contributed by atoms with van der Waals surface area (Å²) in [5, 5.41) is 6.90. The fourth-order valence-corrected chi connectivity index (χ4v) is 2.51. The molecule has 1 heterocycles. The van der Waals surface area contributed by atoms with Crippen LogP contribution in [0.25, 0.3) is 0 Å². The quantitative estimate of drug-likeness (QED) is 0.848. The van der Waals surface area contributed by atoms with Crippen LogP contribution in [-0.4, -0.2) is 50.8 Å². The minimum atomic E-state index is 0.560. The van der Waals surface area contributed by atoms with Crippen molar-refractivity contribution < 1.29 is 4.74 Å². The topological polar surface area (TPSA) is 36.5 Å². The Morgan fingerprint density at radius 2 is 2.11 bits per heavy atom. The Morgan fingerprint density at radius 1 is 1.37 bits per heavy atom. The zero-order valence-corrected chi connectivity index (χ0v) is 12.2. The number of nitrogens with one attached hydrogen (secondary N) is 2. The molecule has 106 valence electrons. The lowest BCUT2D eigenvalue weighted by Crippen LogP contribution is -2.49. The minimum Gasteiger partial charge on any atom is -0.496 e. The van der Waals surface area contributed by atoms with Crippen molar-refractivity contribution in [1.82, 2.24) is 10.2 Å². The Kier molecular flexibility index (Phi) is 5.05. The van der Waals surface area contributed by atoms with Crippen molar-refractivity contribution in [3.05, 3.63) is 23.8 Å². The lowest BCUT2D eigenvalue weighted by Gasteiger charge is -2.33. The van der Waals surface area contributed by atoms with Crippen LogP contribution in [0.1, 0.15) is 12.5 Å². The molecule has 0 radical (unpaired) electrons. The predicted octanol–water partition coefficient (Wildman–Crippen LogP) is 1.71. The van der Waals surface area contributed by atoms with Gasteiger partial charge in [0.05, 0.1) is 7.11 Å². The van der Waals surface area contributed by atoms with Crippen LogP contribution in [0.15, 0.2) is 18.2 Å². The van der Waals surface area contributed by atoms with E-state index in [4.69, 9.17) is 4.74 Å². The van der Waals surface area contributed by atoms with Crippen molar-refractivity contribution in [2.24, 2.45) is 0 Å². The zero-order valence-electron chi connectivity index (χ0n) is 12.2. The fraction of sp³-hybridized carbons (Fsp3) is 0.600. The van der Waals surface area contributed by atoms with E-state index >= 15 is 0 Å². The van der Waals surface area contributed by atoms with Crippen molar-refractivity contribution in [2.45, 2.75) is 19.9 Å². The molecule has 1 saturated heterocycles. The summed E-state index contributed by atoms with van der Waals surface area (Å²) in [5.41, 5.74) is 2.34. The highest BCUT2D eigenvalue weighted by atomic mass is 16.5. The molecule has 1 aromatic carbocycles. The van der Waals surface area contributed by atoms with Gasteiger partial charge in [-0.2, -0.15) is 0 Å². The molecule has 0 saturated carbocycles. The van der Waals surface area contributed by atoms with E-state index < -0.39 is 0 Å². The molecule has 4 nitrogen and oxygen atoms in total. The fourth-order valence-electron chi connectivity index (χ4n) is 2.51. The average molecular weight is 263 g/mol. The van der Waals surface area contributed by atoms with Crippen LogP contribution in [0, 0.1) is 6.92 Å². The first-order valence-corrected chi connectivity index (χ1v) is 7.04. The molecule has 1 fully saturated rings. The number of benzene rings is 1. The number of hydrogen-bond donors (Lipinski definition) is 2. The SMILES string of the molecule is COc1ccc(NCC(C)N2CCNCC2)cc1C. The number of aryl methyl sites for hydroxylation is 1. The van der Waals surface area contributed by atoms with Gasteiger partial charge in [-0.05, 0) is 37.6 Å². The van der Waals surface area contributed by atoms with Gasteiger partial charge in [-0.25, -0.2) is 0 Å². The molecule has 2 N–H and O–H groups in total. The first kappa shape index (κ1) is 14.2. The van der Waals surface area contributed by atoms with Crippen molar-refractivity contribution in [3.63, 3.8) is 0 Å². The van der Waals surface area contributed by atoms with Gasteiger partial charge in [0.2, 0.25) is 0 Å². The Balaban J connectivity index is 1.85. The van der Waals surface area contributed by atoms with Crippen LogP contribution in [0.4, 0.5) is 5.69 Å². The Hall–Kier alpha value is -1.26. The second-order valence-corrected chi connectivity index (χ2v) is 5.20. The van der Waals surface area contributed by atoms with Gasteiger partial charge < -0.3 is 15.4 Å². The van der Waals surface area contributed by atoms with Crippen LogP contribution in [0.2, 0.25) is 0 Å². The van der Waals surface area contributed by atoms with Crippen molar-refractivity contribution >= 4 is 5.69 Å². The molecule has 0 aliphatic carbocycles. The first-order valence-electron chi connectivity index (χ1n) is 7.04. The maximum atomic E-state index is 5.28. The van der Waals surface area contributed by atoms with Gasteiger partial charge in [0.15, 0.2) is 0 Å². The summed E-state index contributed by atoms with van der Waals surface area (Å²) >= 11 is 0. The van der Waals surface area contributed by atoms with Gasteiger partial charge in [0.25, 0.3) is 0 Å². The number of anilines is 1. The summed E-state index contributed by atoms with van der Waals surface area (Å²) in [7, 11) is 1.71. The van der Waals surface area contributed by atoms with E-state index in [1.807, 2.05) is 6.07 Å². The van der Waals surface area contributed by atoms with Gasteiger partial charge in [-0.15, -0.1) is 0 Å². The highest BCUT2D eigenvalue weighted by Gasteiger charge is 2.15. The van der Waals surface area contributed by atoms with Crippen LogP contribution < -0.4 is 15.4 Å². The van der Waals surface area contributed by atoms with E-state index in [0.29, 0.717) is 6.04 Å². The lowest BCUT2D eigenvalue weighted by molar-refractivity contribution is 0.191. The molecule has 1 aromatic rings. The third kappa shape index (κ3) is 3.85. The second-order valence-electron chi connectivity index (χ2n) is 5.20. The number of piperazine rings is 1. The van der Waals surface area contributed by atoms with Crippen molar-refractivity contribution in [2.75, 3.05) is 45.2 Å². The number of ether oxygens (including phenoxy) is 1. The molecular formula is C15H25N3O. The van der Waals surface area contributed by atoms with Crippen LogP contribution in [0.5, 0.6) is 5.75 Å². The van der Waals surface area contributed by atoms with Gasteiger partial charge in [0, 0.05) is 44.5 Å². The molecule has 1 atom stereocenters. The van der Waals surface area contributed by atoms with E-state index in [9.17, 15) is 0 Å². The molecule has 1 unspecified atom stereocenters. The monoisotopic (exact) mass is 263 g/mol. The number of methoxy groups -OCH3 is 1. The summed E-state index contributed by atoms with van der Waals surface area (Å²) in [6.07, 6.45) is 0. The largest absolute Gasteiger partial charge is 0.496 e. The van der Waals surface area contributed by atoms with Crippen molar-refractivity contribution in [1.29, 1.82) is 0 Å². The molecule has 4 heteroatoms. The Bertz CT molecular complexity index is 402. The Labute approximate surface area is 116 Å². The van der Waals surface area contributed by atoms with E-state index in [1.165, 1.54) is 11.3 Å². The molecular weight excluding hydrogens is 238 g/mol. The highest BCUT2D eigenvalue weighted by molar-refractivity contribution is 5.50. The summed E-state index contributed by atoms with van der Waals surface area (Å²) in [4.78, 5) is 2.53. The lowest BCUT2D eigenvalue weighted by atomic mass is 10.2. The van der Waals surface area contributed by atoms with Crippen molar-refractivity contribution in [3.8, 4) is 5.75 Å². The number of hydrogen-bond acceptors (Lipinski definition) is 4. The van der Waals surface area contributed by atoms with Gasteiger partial charge in [-0.1, -0.05) is 0 Å². The molecule has 0 amide bonds. The first-order chi connectivity index (χ1) is 9.20. The second kappa shape index (κ2) is 6.78. The van der Waals surface area contributed by atoms with E-state index in [2.05, 4.69) is 41.5 Å². The van der Waals surface area contributed by atoms with Crippen LogP contribution in [0.3, 0.4) is 0 Å². The summed E-state index contributed by atoms with van der Waals surface area (Å²) in [6, 6.07) is 6.80. The molecule has 0 aromatic heterocycles. The zero-order chi connectivity index (χ0) is 13.7. The Morgan fingerprint density at radius 3 is 2.74 bits per heavy atom. The summed E-state index contributed by atoms with van der Waals surface area (Å²) in [5.74, 6) is 0.945. The van der Waals surface area contributed by atoms with E-state index in [-0.39, 0.29) is 0 Å². The minimum absolute atomic E-state index is 0.560. The molecule has 19 heavy (non-hydrogen) atoms. The van der Waals surface area contributed by atoms with Gasteiger partial charge >= 0.3 is 0 Å². The summed E-state index contributed by atoms with van der Waals surface area (Å²) in [6.45, 7) is 9.83. The van der Waals surface area contributed by atoms with Gasteiger partial charge in [0.1, 0.15) is 5.75 Å². The number of rotatable bonds is 5. The number of nitrogens with zero attached hydrogens (tertiary/aromatic N) is 1. The van der Waals surface area contributed by atoms with E-state index in [1.54, 1.807) is 7.11 Å². The molecule has 2 rings (SSSR count). The smallest absolute Gasteiger partial charge is 0.121 e. The van der Waals surface area contributed by atoms with Crippen LogP contribution >= 0.6 is 0 Å². The molecule has 0 spiro atoms. The van der Waals surface area contributed by atoms with Crippen LogP contribution in [-0.2, 0) is 0 Å². The molecule has 1 aliphatic heterocycles. The normalized spacial score (nSPS) is 18.1. The highest BCUT2D eigenvalue weighted by Crippen LogP contribution is 2.21. The third-order valence-corrected chi connectivity index (χ3v) is 3.77. The average Bonchev–Trinajstić information content (AvgIpc) is 2.46.